The van der Waals surface area contributed by atoms with Crippen LogP contribution in [0, 0.1) is 0 Å². The monoisotopic (exact) mass is 351 g/mol. The highest BCUT2D eigenvalue weighted by Gasteiger charge is 2.21. The molecule has 0 saturated heterocycles. The molecule has 0 radical (unpaired) electrons. The highest BCUT2D eigenvalue weighted by molar-refractivity contribution is 7.98. The van der Waals surface area contributed by atoms with Gasteiger partial charge < -0.3 is 9.73 Å². The molecule has 0 bridgehead atoms. The second-order valence-electron chi connectivity index (χ2n) is 5.18. The maximum atomic E-state index is 12.7. The van der Waals surface area contributed by atoms with Gasteiger partial charge >= 0.3 is 0 Å². The Morgan fingerprint density at radius 3 is 2.84 bits per heavy atom. The Kier molecular flexibility index (Phi) is 4.17. The molecule has 1 amide bonds. The molecule has 2 N–H and O–H groups in total. The van der Waals surface area contributed by atoms with Gasteiger partial charge in [-0.2, -0.15) is 5.10 Å². The van der Waals surface area contributed by atoms with Crippen molar-refractivity contribution < 1.29 is 9.21 Å². The maximum Gasteiger partial charge on any atom is 0.291 e. The zero-order valence-electron chi connectivity index (χ0n) is 13.0. The number of rotatable bonds is 5. The van der Waals surface area contributed by atoms with E-state index in [1.807, 2.05) is 24.3 Å². The lowest BCUT2D eigenvalue weighted by Gasteiger charge is -2.04. The summed E-state index contributed by atoms with van der Waals surface area (Å²) in [5.41, 5.74) is 2.16. The number of aromatic amines is 1. The molecule has 1 aromatic carbocycles. The Balaban J connectivity index is 1.67. The molecule has 3 heterocycles. The lowest BCUT2D eigenvalue weighted by molar-refractivity contribution is 0.0998. The highest BCUT2D eigenvalue weighted by Crippen LogP contribution is 2.31. The minimum absolute atomic E-state index is 0.296. The summed E-state index contributed by atoms with van der Waals surface area (Å²) in [7, 11) is 0. The standard InChI is InChI=1S/C17H13N5O2S/c23-16(21-11-5-7-18-8-6-11)15-13(9-25-17-19-10-20-22-17)12-3-1-2-4-14(12)24-15/h1-8,10H,9H2,(H,18,21,23)(H,19,20,22). The van der Waals surface area contributed by atoms with E-state index in [1.165, 1.54) is 18.1 Å². The van der Waals surface area contributed by atoms with Crippen molar-refractivity contribution >= 4 is 34.3 Å². The Hall–Kier alpha value is -3.13. The van der Waals surface area contributed by atoms with Crippen LogP contribution in [-0.4, -0.2) is 26.1 Å². The van der Waals surface area contributed by atoms with E-state index >= 15 is 0 Å². The molecule has 8 heteroatoms. The number of nitrogens with zero attached hydrogens (tertiary/aromatic N) is 3. The van der Waals surface area contributed by atoms with E-state index in [9.17, 15) is 4.79 Å². The normalized spacial score (nSPS) is 10.9. The number of hydrogen-bond donors (Lipinski definition) is 2. The smallest absolute Gasteiger partial charge is 0.291 e. The second-order valence-corrected chi connectivity index (χ2v) is 6.14. The van der Waals surface area contributed by atoms with Crippen LogP contribution in [0.2, 0.25) is 0 Å². The van der Waals surface area contributed by atoms with Crippen LogP contribution >= 0.6 is 11.8 Å². The third-order valence-corrected chi connectivity index (χ3v) is 4.49. The number of thioether (sulfide) groups is 1. The molecule has 0 spiro atoms. The quantitative estimate of drug-likeness (QED) is 0.534. The fourth-order valence-electron chi connectivity index (χ4n) is 2.45. The van der Waals surface area contributed by atoms with Gasteiger partial charge in [0.15, 0.2) is 10.9 Å². The van der Waals surface area contributed by atoms with Crippen molar-refractivity contribution in [3.63, 3.8) is 0 Å². The SMILES string of the molecule is O=C(Nc1ccncc1)c1oc2ccccc2c1CSc1ncn[nH]1. The van der Waals surface area contributed by atoms with Gasteiger partial charge in [0.2, 0.25) is 0 Å². The van der Waals surface area contributed by atoms with Crippen molar-refractivity contribution in [2.45, 2.75) is 10.9 Å². The van der Waals surface area contributed by atoms with Crippen LogP contribution in [0.5, 0.6) is 0 Å². The number of furan rings is 1. The van der Waals surface area contributed by atoms with Crippen LogP contribution in [0.3, 0.4) is 0 Å². The number of anilines is 1. The number of nitrogens with one attached hydrogen (secondary N) is 2. The van der Waals surface area contributed by atoms with E-state index in [1.54, 1.807) is 24.5 Å². The predicted molar refractivity (Wildman–Crippen MR) is 94.3 cm³/mol. The minimum atomic E-state index is -0.296. The van der Waals surface area contributed by atoms with Gasteiger partial charge in [0.1, 0.15) is 11.9 Å². The van der Waals surface area contributed by atoms with E-state index in [0.29, 0.717) is 27.9 Å². The van der Waals surface area contributed by atoms with Crippen molar-refractivity contribution in [1.82, 2.24) is 20.2 Å². The Morgan fingerprint density at radius 1 is 1.20 bits per heavy atom. The van der Waals surface area contributed by atoms with E-state index in [0.717, 1.165) is 10.9 Å². The first-order chi connectivity index (χ1) is 12.3. The fourth-order valence-corrected chi connectivity index (χ4v) is 3.26. The molecule has 124 valence electrons. The summed E-state index contributed by atoms with van der Waals surface area (Å²) in [6.07, 6.45) is 4.69. The van der Waals surface area contributed by atoms with Gasteiger partial charge in [-0.25, -0.2) is 4.98 Å². The number of pyridine rings is 1. The highest BCUT2D eigenvalue weighted by atomic mass is 32.2. The van der Waals surface area contributed by atoms with Crippen LogP contribution in [-0.2, 0) is 5.75 Å². The molecule has 0 aliphatic rings. The summed E-state index contributed by atoms with van der Waals surface area (Å²) in [6.45, 7) is 0. The number of carbonyl (C=O) groups excluding carboxylic acids is 1. The topological polar surface area (TPSA) is 96.7 Å². The number of amides is 1. The zero-order chi connectivity index (χ0) is 17.1. The first-order valence-corrected chi connectivity index (χ1v) is 8.50. The van der Waals surface area contributed by atoms with Gasteiger partial charge in [-0.3, -0.25) is 14.9 Å². The first kappa shape index (κ1) is 15.4. The summed E-state index contributed by atoms with van der Waals surface area (Å²) in [5, 5.41) is 11.1. The van der Waals surface area contributed by atoms with Gasteiger partial charge in [0, 0.05) is 34.8 Å². The average Bonchev–Trinajstić information content (AvgIpc) is 3.28. The molecule has 0 atom stereocenters. The lowest BCUT2D eigenvalue weighted by Crippen LogP contribution is -2.12. The molecule has 4 rings (SSSR count). The van der Waals surface area contributed by atoms with Crippen LogP contribution in [0.4, 0.5) is 5.69 Å². The van der Waals surface area contributed by atoms with Gasteiger partial charge in [0.05, 0.1) is 0 Å². The molecular formula is C17H13N5O2S. The lowest BCUT2D eigenvalue weighted by atomic mass is 10.1. The summed E-state index contributed by atoms with van der Waals surface area (Å²) < 4.78 is 5.82. The van der Waals surface area contributed by atoms with Gasteiger partial charge in [-0.05, 0) is 18.2 Å². The van der Waals surface area contributed by atoms with Crippen LogP contribution < -0.4 is 5.32 Å². The van der Waals surface area contributed by atoms with Gasteiger partial charge in [-0.1, -0.05) is 30.0 Å². The van der Waals surface area contributed by atoms with Crippen molar-refractivity contribution in [1.29, 1.82) is 0 Å². The number of hydrogen-bond acceptors (Lipinski definition) is 6. The molecule has 4 aromatic rings. The fraction of sp³-hybridized carbons (Fsp3) is 0.0588. The molecule has 25 heavy (non-hydrogen) atoms. The molecule has 0 aliphatic heterocycles. The summed E-state index contributed by atoms with van der Waals surface area (Å²) in [6, 6.07) is 11.0. The van der Waals surface area contributed by atoms with E-state index in [-0.39, 0.29) is 5.91 Å². The number of aromatic nitrogens is 4. The predicted octanol–water partition coefficient (Wildman–Crippen LogP) is 3.49. The number of benzene rings is 1. The Labute approximate surface area is 146 Å². The molecule has 0 fully saturated rings. The number of H-pyrrole nitrogens is 1. The third kappa shape index (κ3) is 3.24. The van der Waals surface area contributed by atoms with E-state index < -0.39 is 0 Å². The minimum Gasteiger partial charge on any atom is -0.451 e. The van der Waals surface area contributed by atoms with Gasteiger partial charge in [0.25, 0.3) is 5.91 Å². The first-order valence-electron chi connectivity index (χ1n) is 7.51. The van der Waals surface area contributed by atoms with Crippen LogP contribution in [0.1, 0.15) is 16.1 Å². The second kappa shape index (κ2) is 6.78. The zero-order valence-corrected chi connectivity index (χ0v) is 13.8. The van der Waals surface area contributed by atoms with Crippen LogP contribution in [0.15, 0.2) is 64.7 Å². The summed E-state index contributed by atoms with van der Waals surface area (Å²) in [5.74, 6) is 0.534. The maximum absolute atomic E-state index is 12.7. The number of fused-ring (bicyclic) bond motifs is 1. The molecule has 7 nitrogen and oxygen atoms in total. The molecule has 3 aromatic heterocycles. The molecular weight excluding hydrogens is 338 g/mol. The van der Waals surface area contributed by atoms with E-state index in [4.69, 9.17) is 4.42 Å². The number of carbonyl (C=O) groups is 1. The van der Waals surface area contributed by atoms with Crippen molar-refractivity contribution in [3.8, 4) is 0 Å². The summed E-state index contributed by atoms with van der Waals surface area (Å²) >= 11 is 1.46. The van der Waals surface area contributed by atoms with Crippen molar-refractivity contribution in [3.05, 3.63) is 66.4 Å². The Bertz CT molecular complexity index is 999. The molecule has 0 unspecified atom stereocenters. The molecule has 0 aliphatic carbocycles. The third-order valence-electron chi connectivity index (χ3n) is 3.59. The van der Waals surface area contributed by atoms with Crippen molar-refractivity contribution in [2.24, 2.45) is 0 Å². The number of para-hydroxylation sites is 1. The van der Waals surface area contributed by atoms with Gasteiger partial charge in [-0.15, -0.1) is 0 Å². The van der Waals surface area contributed by atoms with E-state index in [2.05, 4.69) is 25.5 Å². The van der Waals surface area contributed by atoms with Crippen molar-refractivity contribution in [2.75, 3.05) is 5.32 Å². The Morgan fingerprint density at radius 2 is 2.04 bits per heavy atom. The largest absolute Gasteiger partial charge is 0.451 e. The van der Waals surface area contributed by atoms with Crippen LogP contribution in [0.25, 0.3) is 11.0 Å². The molecule has 0 saturated carbocycles. The average molecular weight is 351 g/mol. The summed E-state index contributed by atoms with van der Waals surface area (Å²) in [4.78, 5) is 20.7.